The van der Waals surface area contributed by atoms with Crippen LogP contribution in [-0.2, 0) is 16.8 Å². The van der Waals surface area contributed by atoms with Crippen molar-refractivity contribution in [2.24, 2.45) is 0 Å². The van der Waals surface area contributed by atoms with Crippen LogP contribution in [0.1, 0.15) is 75.7 Å². The molecule has 0 spiro atoms. The number of benzene rings is 1. The maximum Gasteiger partial charge on any atom is 0.262 e. The molecule has 6 rings (SSSR count). The van der Waals surface area contributed by atoms with Crippen LogP contribution in [0.4, 0.5) is 0 Å². The molecular weight excluding hydrogens is 472 g/mol. The SMILES string of the molecule is C=C1CCC(N2C(=O)c3ccc(C4(O)CCN(C5CCc6nc(OC)ccc65)CC4)cc3C2=O)C(=O)N1. The molecule has 3 amide bonds. The Morgan fingerprint density at radius 3 is 2.49 bits per heavy atom. The van der Waals surface area contributed by atoms with Crippen molar-refractivity contribution in [2.45, 2.75) is 56.2 Å². The Hall–Kier alpha value is -3.56. The quantitative estimate of drug-likeness (QED) is 0.618. The monoisotopic (exact) mass is 502 g/mol. The number of ether oxygens (including phenoxy) is 1. The third kappa shape index (κ3) is 3.84. The summed E-state index contributed by atoms with van der Waals surface area (Å²) in [4.78, 5) is 46.8. The van der Waals surface area contributed by atoms with E-state index >= 15 is 0 Å². The largest absolute Gasteiger partial charge is 0.481 e. The standard InChI is InChI=1S/C28H30N4O5/c1-16-3-8-23(25(33)29-16)32-26(34)18-5-4-17(15-20(18)27(32)35)28(36)11-13-31(14-12-28)22-9-7-21-19(22)6-10-24(30-21)37-2/h4-6,10,15,22-23,36H,1,3,7-9,11-14H2,2H3,(H,29,33). The summed E-state index contributed by atoms with van der Waals surface area (Å²) < 4.78 is 5.26. The minimum Gasteiger partial charge on any atom is -0.481 e. The Morgan fingerprint density at radius 1 is 1.03 bits per heavy atom. The molecule has 4 heterocycles. The second-order valence-electron chi connectivity index (χ2n) is 10.4. The van der Waals surface area contributed by atoms with Crippen molar-refractivity contribution in [1.29, 1.82) is 0 Å². The predicted molar refractivity (Wildman–Crippen MR) is 134 cm³/mol. The summed E-state index contributed by atoms with van der Waals surface area (Å²) in [6.45, 7) is 5.17. The van der Waals surface area contributed by atoms with Crippen molar-refractivity contribution in [3.05, 3.63) is 70.6 Å². The van der Waals surface area contributed by atoms with Gasteiger partial charge in [-0.3, -0.25) is 24.2 Å². The number of nitrogens with one attached hydrogen (secondary N) is 1. The highest BCUT2D eigenvalue weighted by molar-refractivity contribution is 6.23. The number of aryl methyl sites for hydroxylation is 1. The molecule has 1 aliphatic carbocycles. The molecule has 2 unspecified atom stereocenters. The first-order valence-corrected chi connectivity index (χ1v) is 12.8. The van der Waals surface area contributed by atoms with Gasteiger partial charge in [0.05, 0.1) is 23.8 Å². The number of fused-ring (bicyclic) bond motifs is 2. The lowest BCUT2D eigenvalue weighted by Crippen LogP contribution is -2.51. The molecule has 4 aliphatic rings. The molecule has 3 aliphatic heterocycles. The van der Waals surface area contributed by atoms with Gasteiger partial charge < -0.3 is 15.2 Å². The highest BCUT2D eigenvalue weighted by atomic mass is 16.5. The van der Waals surface area contributed by atoms with E-state index in [1.807, 2.05) is 6.07 Å². The van der Waals surface area contributed by atoms with Crippen LogP contribution in [0.15, 0.2) is 42.6 Å². The van der Waals surface area contributed by atoms with Crippen LogP contribution in [0.3, 0.4) is 0 Å². The van der Waals surface area contributed by atoms with Crippen molar-refractivity contribution < 1.29 is 24.2 Å². The molecule has 1 aromatic carbocycles. The minimum absolute atomic E-state index is 0.250. The van der Waals surface area contributed by atoms with E-state index in [0.717, 1.165) is 23.4 Å². The van der Waals surface area contributed by atoms with Gasteiger partial charge >= 0.3 is 0 Å². The van der Waals surface area contributed by atoms with Gasteiger partial charge in [0.2, 0.25) is 11.8 Å². The van der Waals surface area contributed by atoms with Gasteiger partial charge in [-0.25, -0.2) is 4.98 Å². The van der Waals surface area contributed by atoms with Crippen LogP contribution in [0, 0.1) is 0 Å². The molecule has 37 heavy (non-hydrogen) atoms. The third-order valence-electron chi connectivity index (χ3n) is 8.36. The molecule has 1 aromatic heterocycles. The van der Waals surface area contributed by atoms with Crippen molar-refractivity contribution in [3.8, 4) is 5.88 Å². The lowest BCUT2D eigenvalue weighted by molar-refractivity contribution is -0.125. The van der Waals surface area contributed by atoms with E-state index in [9.17, 15) is 19.5 Å². The Balaban J connectivity index is 1.18. The molecule has 2 aromatic rings. The maximum absolute atomic E-state index is 13.3. The van der Waals surface area contributed by atoms with Gasteiger partial charge in [0.1, 0.15) is 6.04 Å². The van der Waals surface area contributed by atoms with Crippen molar-refractivity contribution in [1.82, 2.24) is 20.1 Å². The zero-order valence-corrected chi connectivity index (χ0v) is 20.8. The van der Waals surface area contributed by atoms with Gasteiger partial charge in [0, 0.05) is 36.6 Å². The average Bonchev–Trinajstić information content (AvgIpc) is 3.43. The van der Waals surface area contributed by atoms with Gasteiger partial charge in [0.25, 0.3) is 11.8 Å². The first kappa shape index (κ1) is 23.8. The number of aromatic nitrogens is 1. The lowest BCUT2D eigenvalue weighted by atomic mass is 9.82. The van der Waals surface area contributed by atoms with Crippen LogP contribution in [0.25, 0.3) is 0 Å². The number of carbonyl (C=O) groups excluding carboxylic acids is 3. The molecular formula is C28H30N4O5. The molecule has 192 valence electrons. The maximum atomic E-state index is 13.3. The number of nitrogens with zero attached hydrogens (tertiary/aromatic N) is 3. The fourth-order valence-corrected chi connectivity index (χ4v) is 6.25. The summed E-state index contributed by atoms with van der Waals surface area (Å²) in [5.74, 6) is -0.712. The number of imide groups is 1. The Labute approximate surface area is 215 Å². The number of carbonyl (C=O) groups is 3. The molecule has 2 N–H and O–H groups in total. The van der Waals surface area contributed by atoms with Gasteiger partial charge in [0.15, 0.2) is 0 Å². The van der Waals surface area contributed by atoms with Crippen LogP contribution >= 0.6 is 0 Å². The highest BCUT2D eigenvalue weighted by Gasteiger charge is 2.45. The van der Waals surface area contributed by atoms with E-state index in [4.69, 9.17) is 4.74 Å². The fourth-order valence-electron chi connectivity index (χ4n) is 6.25. The number of methoxy groups -OCH3 is 1. The van der Waals surface area contributed by atoms with E-state index in [-0.39, 0.29) is 23.1 Å². The Kier molecular flexibility index (Phi) is 5.65. The number of aliphatic hydroxyl groups is 1. The third-order valence-corrected chi connectivity index (χ3v) is 8.36. The molecule has 2 saturated heterocycles. The first-order valence-electron chi connectivity index (χ1n) is 12.8. The number of rotatable bonds is 4. The van der Waals surface area contributed by atoms with Gasteiger partial charge in [-0.1, -0.05) is 18.7 Å². The summed E-state index contributed by atoms with van der Waals surface area (Å²) in [6.07, 6.45) is 3.79. The summed E-state index contributed by atoms with van der Waals surface area (Å²) in [7, 11) is 1.62. The first-order chi connectivity index (χ1) is 17.8. The second kappa shape index (κ2) is 8.78. The number of likely N-dealkylation sites (tertiary alicyclic amines) is 1. The molecule has 0 bridgehead atoms. The fraction of sp³-hybridized carbons (Fsp3) is 0.429. The highest BCUT2D eigenvalue weighted by Crippen LogP contribution is 2.42. The molecule has 0 radical (unpaired) electrons. The zero-order valence-electron chi connectivity index (χ0n) is 20.8. The van der Waals surface area contributed by atoms with E-state index in [1.165, 1.54) is 5.56 Å². The number of pyridine rings is 1. The summed E-state index contributed by atoms with van der Waals surface area (Å²) in [5, 5.41) is 14.2. The molecule has 2 fully saturated rings. The van der Waals surface area contributed by atoms with Gasteiger partial charge in [-0.15, -0.1) is 0 Å². The molecule has 9 heteroatoms. The van der Waals surface area contributed by atoms with Crippen LogP contribution in [-0.4, -0.2) is 63.9 Å². The number of hydrogen-bond acceptors (Lipinski definition) is 7. The number of allylic oxidation sites excluding steroid dienone is 1. The topological polar surface area (TPSA) is 112 Å². The van der Waals surface area contributed by atoms with E-state index < -0.39 is 23.5 Å². The zero-order chi connectivity index (χ0) is 25.9. The lowest BCUT2D eigenvalue weighted by Gasteiger charge is -2.41. The molecule has 2 atom stereocenters. The summed E-state index contributed by atoms with van der Waals surface area (Å²) in [5.41, 5.74) is 2.95. The minimum atomic E-state index is -1.10. The normalized spacial score (nSPS) is 25.2. The van der Waals surface area contributed by atoms with Crippen LogP contribution < -0.4 is 10.1 Å². The summed E-state index contributed by atoms with van der Waals surface area (Å²) >= 11 is 0. The number of hydrogen-bond donors (Lipinski definition) is 2. The molecule has 9 nitrogen and oxygen atoms in total. The molecule has 0 saturated carbocycles. The van der Waals surface area contributed by atoms with Crippen molar-refractivity contribution in [3.63, 3.8) is 0 Å². The average molecular weight is 503 g/mol. The second-order valence-corrected chi connectivity index (χ2v) is 10.4. The smallest absolute Gasteiger partial charge is 0.262 e. The Bertz CT molecular complexity index is 1330. The van der Waals surface area contributed by atoms with Crippen LogP contribution in [0.5, 0.6) is 5.88 Å². The van der Waals surface area contributed by atoms with Crippen LogP contribution in [0.2, 0.25) is 0 Å². The summed E-state index contributed by atoms with van der Waals surface area (Å²) in [6, 6.07) is 8.41. The van der Waals surface area contributed by atoms with E-state index in [2.05, 4.69) is 27.8 Å². The van der Waals surface area contributed by atoms with Crippen molar-refractivity contribution in [2.75, 3.05) is 20.2 Å². The van der Waals surface area contributed by atoms with Gasteiger partial charge in [-0.05, 0) is 61.8 Å². The predicted octanol–water partition coefficient (Wildman–Crippen LogP) is 2.45. The van der Waals surface area contributed by atoms with Gasteiger partial charge in [-0.2, -0.15) is 0 Å². The van der Waals surface area contributed by atoms with E-state index in [1.54, 1.807) is 25.3 Å². The van der Waals surface area contributed by atoms with E-state index in [0.29, 0.717) is 55.9 Å². The number of amides is 3. The van der Waals surface area contributed by atoms with Crippen molar-refractivity contribution >= 4 is 17.7 Å². The number of piperidine rings is 2. The Morgan fingerprint density at radius 2 is 1.76 bits per heavy atom.